The summed E-state index contributed by atoms with van der Waals surface area (Å²) in [5, 5.41) is 51.6. The summed E-state index contributed by atoms with van der Waals surface area (Å²) >= 11 is 1.29. The summed E-state index contributed by atoms with van der Waals surface area (Å²) in [6, 6.07) is -1.79. The second-order valence-corrected chi connectivity index (χ2v) is 13.0. The summed E-state index contributed by atoms with van der Waals surface area (Å²) in [4.78, 5) is 35.4. The average Bonchev–Trinajstić information content (AvgIpc) is 3.17. The van der Waals surface area contributed by atoms with Crippen LogP contribution in [0.4, 0.5) is 4.79 Å². The number of amides is 2. The zero-order chi connectivity index (χ0) is 30.3. The van der Waals surface area contributed by atoms with Gasteiger partial charge in [-0.2, -0.15) is 0 Å². The van der Waals surface area contributed by atoms with Gasteiger partial charge in [0.05, 0.1) is 12.1 Å². The molecule has 0 aromatic heterocycles. The maximum absolute atomic E-state index is 13.7. The lowest BCUT2D eigenvalue weighted by Gasteiger charge is -2.44. The third kappa shape index (κ3) is 8.33. The van der Waals surface area contributed by atoms with Crippen molar-refractivity contribution >= 4 is 30.2 Å². The van der Waals surface area contributed by atoms with Gasteiger partial charge in [0, 0.05) is 30.9 Å². The standard InChI is InChI=1S/C26H43N3O8S.CH2O2/c1-13(2)9-14-7-8-36-22-15(10-14)12-29(26(34)35)18(22)24(33)28-17-6-4-3-5-16(11-27)38-25-21(32)19(30)20(31)23(17)37-25;2-1-3/h3-4,13-23,25,30-32H,5-12,27H2,1-2H3,(H,28,33)(H,34,35);1H,(H,2,3)/t14-,15-,16+,17+,18-,19-,20+,21+,22+,23+,25+;/m0./s1. The zero-order valence-corrected chi connectivity index (χ0v) is 24.3. The van der Waals surface area contributed by atoms with Gasteiger partial charge in [-0.05, 0) is 43.9 Å². The first kappa shape index (κ1) is 33.6. The number of carbonyl (C=O) groups is 3. The van der Waals surface area contributed by atoms with Crippen LogP contribution < -0.4 is 11.1 Å². The zero-order valence-electron chi connectivity index (χ0n) is 23.5. The highest BCUT2D eigenvalue weighted by atomic mass is 32.2. The fraction of sp³-hybridized carbons (Fsp3) is 0.815. The van der Waals surface area contributed by atoms with Gasteiger partial charge in [-0.25, -0.2) is 4.79 Å². The molecule has 14 heteroatoms. The second-order valence-electron chi connectivity index (χ2n) is 11.6. The van der Waals surface area contributed by atoms with E-state index in [1.54, 1.807) is 0 Å². The number of hydrogen-bond acceptors (Lipinski definition) is 10. The lowest BCUT2D eigenvalue weighted by Crippen LogP contribution is -2.64. The monoisotopic (exact) mass is 603 g/mol. The number of fused-ring (bicyclic) bond motifs is 3. The number of ether oxygens (including phenoxy) is 2. The molecular weight excluding hydrogens is 558 g/mol. The smallest absolute Gasteiger partial charge is 0.408 e. The van der Waals surface area contributed by atoms with Crippen LogP contribution in [0.3, 0.4) is 0 Å². The van der Waals surface area contributed by atoms with Crippen LogP contribution in [0.1, 0.15) is 46.0 Å². The average molecular weight is 604 g/mol. The minimum atomic E-state index is -1.47. The molecule has 13 nitrogen and oxygen atoms in total. The predicted octanol–water partition coefficient (Wildman–Crippen LogP) is 0.210. The van der Waals surface area contributed by atoms with Crippen LogP contribution in [0.25, 0.3) is 0 Å². The summed E-state index contributed by atoms with van der Waals surface area (Å²) in [7, 11) is 0. The molecule has 4 rings (SSSR count). The molecule has 0 spiro atoms. The van der Waals surface area contributed by atoms with Crippen molar-refractivity contribution in [3.8, 4) is 0 Å². The number of carboxylic acid groups (broad SMARTS) is 2. The van der Waals surface area contributed by atoms with Crippen molar-refractivity contribution in [3.05, 3.63) is 12.2 Å². The number of likely N-dealkylation sites (tertiary alicyclic amines) is 1. The molecule has 0 aromatic rings. The van der Waals surface area contributed by atoms with Crippen LogP contribution in [0.15, 0.2) is 12.2 Å². The quantitative estimate of drug-likeness (QED) is 0.166. The molecule has 4 heterocycles. The molecule has 0 aliphatic carbocycles. The summed E-state index contributed by atoms with van der Waals surface area (Å²) in [5.74, 6) is 0.334. The first-order valence-corrected chi connectivity index (χ1v) is 15.2. The van der Waals surface area contributed by atoms with E-state index in [2.05, 4.69) is 19.2 Å². The maximum atomic E-state index is 13.7. The van der Waals surface area contributed by atoms with E-state index in [9.17, 15) is 30.0 Å². The SMILES string of the molecule is CC(C)C[C@@H]1CCO[C@@H]2[C@@H](C1)CN(C(=O)O)[C@@H]2C(=O)N[C@@H]1CC=CC[C@H](CN)S[C@H]2O[C@H]1[C@H](O)[C@H](O)[C@H]2O.O=CO. The van der Waals surface area contributed by atoms with E-state index >= 15 is 0 Å². The lowest BCUT2D eigenvalue weighted by molar-refractivity contribution is -0.205. The lowest BCUT2D eigenvalue weighted by atomic mass is 9.85. The second kappa shape index (κ2) is 15.5. The van der Waals surface area contributed by atoms with Gasteiger partial charge < -0.3 is 46.1 Å². The molecule has 41 heavy (non-hydrogen) atoms. The topological polar surface area (TPSA) is 212 Å². The van der Waals surface area contributed by atoms with Crippen LogP contribution in [0.2, 0.25) is 0 Å². The van der Waals surface area contributed by atoms with E-state index in [1.165, 1.54) is 16.7 Å². The van der Waals surface area contributed by atoms with Crippen molar-refractivity contribution in [3.63, 3.8) is 0 Å². The summed E-state index contributed by atoms with van der Waals surface area (Å²) in [6.07, 6.45) is 0.430. The Morgan fingerprint density at radius 2 is 1.83 bits per heavy atom. The molecule has 3 fully saturated rings. The number of thioether (sulfide) groups is 1. The van der Waals surface area contributed by atoms with Crippen LogP contribution in [-0.2, 0) is 19.1 Å². The number of nitrogens with zero attached hydrogens (tertiary/aromatic N) is 1. The number of hydrogen-bond donors (Lipinski definition) is 7. The Balaban J connectivity index is 0.00000147. The highest BCUT2D eigenvalue weighted by Gasteiger charge is 2.52. The fourth-order valence-electron chi connectivity index (χ4n) is 6.38. The van der Waals surface area contributed by atoms with Crippen LogP contribution >= 0.6 is 11.8 Å². The number of nitrogens with one attached hydrogen (secondary N) is 1. The van der Waals surface area contributed by atoms with Crippen LogP contribution in [-0.4, -0.2) is 122 Å². The van der Waals surface area contributed by atoms with Crippen molar-refractivity contribution in [2.24, 2.45) is 23.5 Å². The van der Waals surface area contributed by atoms with Gasteiger partial charge in [-0.3, -0.25) is 14.5 Å². The molecule has 2 bridgehead atoms. The molecule has 2 amide bonds. The van der Waals surface area contributed by atoms with Gasteiger partial charge >= 0.3 is 6.09 Å². The highest BCUT2D eigenvalue weighted by molar-refractivity contribution is 8.00. The van der Waals surface area contributed by atoms with E-state index in [0.29, 0.717) is 31.4 Å². The predicted molar refractivity (Wildman–Crippen MR) is 150 cm³/mol. The largest absolute Gasteiger partial charge is 0.483 e. The fourth-order valence-corrected chi connectivity index (χ4v) is 7.60. The van der Waals surface area contributed by atoms with Gasteiger partial charge in [0.25, 0.3) is 6.47 Å². The molecule has 4 aliphatic heterocycles. The minimum absolute atomic E-state index is 0.0495. The number of aliphatic hydroxyl groups excluding tert-OH is 3. The van der Waals surface area contributed by atoms with Gasteiger partial charge in [-0.15, -0.1) is 11.8 Å². The molecule has 3 saturated heterocycles. The summed E-state index contributed by atoms with van der Waals surface area (Å²) in [5.41, 5.74) is 5.02. The van der Waals surface area contributed by atoms with Gasteiger partial charge in [0.1, 0.15) is 35.9 Å². The van der Waals surface area contributed by atoms with Gasteiger partial charge in [0.15, 0.2) is 0 Å². The van der Waals surface area contributed by atoms with Crippen molar-refractivity contribution in [2.75, 3.05) is 19.7 Å². The first-order valence-electron chi connectivity index (χ1n) is 14.2. The maximum Gasteiger partial charge on any atom is 0.408 e. The number of nitrogens with two attached hydrogens (primary N) is 1. The van der Waals surface area contributed by atoms with E-state index in [-0.39, 0.29) is 30.6 Å². The number of aliphatic hydroxyl groups is 3. The minimum Gasteiger partial charge on any atom is -0.483 e. The number of rotatable bonds is 5. The summed E-state index contributed by atoms with van der Waals surface area (Å²) in [6.45, 7) is 5.13. The Morgan fingerprint density at radius 1 is 1.15 bits per heavy atom. The van der Waals surface area contributed by atoms with Crippen LogP contribution in [0.5, 0.6) is 0 Å². The normalized spacial score (nSPS) is 39.1. The Kier molecular flexibility index (Phi) is 12.7. The van der Waals surface area contributed by atoms with E-state index in [4.69, 9.17) is 25.1 Å². The first-order chi connectivity index (χ1) is 19.5. The Hall–Kier alpha value is -1.94. The van der Waals surface area contributed by atoms with Crippen molar-refractivity contribution in [1.29, 1.82) is 0 Å². The van der Waals surface area contributed by atoms with Crippen molar-refractivity contribution < 1.29 is 49.4 Å². The summed E-state index contributed by atoms with van der Waals surface area (Å²) < 4.78 is 12.2. The molecule has 0 saturated carbocycles. The van der Waals surface area contributed by atoms with E-state index in [0.717, 1.165) is 19.3 Å². The molecule has 234 valence electrons. The molecule has 4 aliphatic rings. The molecule has 11 atom stereocenters. The van der Waals surface area contributed by atoms with Crippen molar-refractivity contribution in [1.82, 2.24) is 10.2 Å². The highest BCUT2D eigenvalue weighted by Crippen LogP contribution is 2.38. The van der Waals surface area contributed by atoms with Gasteiger partial charge in [0.2, 0.25) is 5.91 Å². The molecule has 0 unspecified atom stereocenters. The Morgan fingerprint density at radius 3 is 2.46 bits per heavy atom. The Bertz CT molecular complexity index is 911. The molecular formula is C27H45N3O10S. The van der Waals surface area contributed by atoms with Gasteiger partial charge in [-0.1, -0.05) is 26.0 Å². The third-order valence-electron chi connectivity index (χ3n) is 8.21. The molecule has 8 N–H and O–H groups in total. The van der Waals surface area contributed by atoms with Crippen molar-refractivity contribution in [2.45, 2.75) is 99.2 Å². The van der Waals surface area contributed by atoms with Crippen LogP contribution in [0, 0.1) is 17.8 Å². The number of carbonyl (C=O) groups excluding carboxylic acids is 1. The Labute approximate surface area is 244 Å². The molecule has 0 radical (unpaired) electrons. The third-order valence-corrected chi connectivity index (χ3v) is 9.64. The van der Waals surface area contributed by atoms with E-state index < -0.39 is 60.0 Å². The molecule has 0 aromatic carbocycles. The number of allylic oxidation sites excluding steroid dienone is 1. The van der Waals surface area contributed by atoms with E-state index in [1.807, 2.05) is 12.2 Å².